The van der Waals surface area contributed by atoms with Crippen molar-refractivity contribution in [3.8, 4) is 5.75 Å². The first-order chi connectivity index (χ1) is 15.1. The van der Waals surface area contributed by atoms with E-state index in [9.17, 15) is 18.3 Å². The number of halogens is 3. The van der Waals surface area contributed by atoms with Crippen LogP contribution < -0.4 is 0 Å². The highest BCUT2D eigenvalue weighted by Crippen LogP contribution is 2.40. The van der Waals surface area contributed by atoms with Gasteiger partial charge in [0.25, 0.3) is 0 Å². The lowest BCUT2D eigenvalue weighted by Crippen LogP contribution is -2.21. The van der Waals surface area contributed by atoms with Crippen LogP contribution in [0.4, 0.5) is 13.2 Å². The maximum Gasteiger partial charge on any atom is 0.485 e. The van der Waals surface area contributed by atoms with E-state index in [1.807, 2.05) is 36.4 Å². The van der Waals surface area contributed by atoms with Gasteiger partial charge in [-0.1, -0.05) is 60.7 Å². The molecule has 0 atom stereocenters. The minimum atomic E-state index is -6.09. The van der Waals surface area contributed by atoms with Gasteiger partial charge < -0.3 is 9.66 Å². The van der Waals surface area contributed by atoms with Gasteiger partial charge in [0.2, 0.25) is 4.90 Å². The zero-order valence-corrected chi connectivity index (χ0v) is 18.0. The number of phenols is 1. The Bertz CT molecular complexity index is 1250. The number of rotatable bonds is 3. The van der Waals surface area contributed by atoms with Gasteiger partial charge in [-0.3, -0.25) is 0 Å². The molecule has 0 aliphatic heterocycles. The molecule has 0 bridgehead atoms. The van der Waals surface area contributed by atoms with Crippen molar-refractivity contribution in [1.82, 2.24) is 0 Å². The van der Waals surface area contributed by atoms with Crippen LogP contribution in [0.15, 0.2) is 112 Å². The molecule has 1 N–H and O–H groups in total. The number of fused-ring (bicyclic) bond motifs is 1. The molecule has 4 aromatic carbocycles. The van der Waals surface area contributed by atoms with Crippen LogP contribution in [-0.2, 0) is 21.0 Å². The summed E-state index contributed by atoms with van der Waals surface area (Å²) >= 11 is 0. The average molecular weight is 479 g/mol. The van der Waals surface area contributed by atoms with E-state index in [0.29, 0.717) is 5.75 Å². The highest BCUT2D eigenvalue weighted by molar-refractivity contribution is 7.97. The SMILES string of the molecule is O=S(=O)([O-])C(F)(F)F.Oc1ccc2ccccc2c1[S+](c1ccccc1)c1ccccc1. The second kappa shape index (κ2) is 9.64. The van der Waals surface area contributed by atoms with Crippen LogP contribution in [0.5, 0.6) is 5.75 Å². The van der Waals surface area contributed by atoms with Gasteiger partial charge in [-0.25, -0.2) is 8.42 Å². The van der Waals surface area contributed by atoms with E-state index in [2.05, 4.69) is 60.7 Å². The molecule has 4 rings (SSSR count). The molecule has 0 aliphatic rings. The van der Waals surface area contributed by atoms with Gasteiger partial charge in [-0.15, -0.1) is 0 Å². The van der Waals surface area contributed by atoms with E-state index >= 15 is 0 Å². The first-order valence-corrected chi connectivity index (χ1v) is 11.8. The van der Waals surface area contributed by atoms with Crippen LogP contribution in [0.2, 0.25) is 0 Å². The number of benzene rings is 4. The minimum Gasteiger partial charge on any atom is -0.741 e. The molecule has 0 aliphatic carbocycles. The van der Waals surface area contributed by atoms with E-state index < -0.39 is 15.6 Å². The number of hydrogen-bond donors (Lipinski definition) is 1. The molecule has 0 saturated carbocycles. The van der Waals surface area contributed by atoms with Crippen molar-refractivity contribution in [3.05, 3.63) is 97.1 Å². The molecule has 32 heavy (non-hydrogen) atoms. The second-order valence-electron chi connectivity index (χ2n) is 6.47. The third kappa shape index (κ3) is 5.42. The molecule has 0 unspecified atom stereocenters. The predicted octanol–water partition coefficient (Wildman–Crippen LogP) is 5.69. The number of phenolic OH excluding ortho intramolecular Hbond substituents is 1. The Morgan fingerprint density at radius 3 is 1.62 bits per heavy atom. The maximum absolute atomic E-state index is 10.7. The van der Waals surface area contributed by atoms with Crippen LogP contribution in [0.1, 0.15) is 0 Å². The van der Waals surface area contributed by atoms with Crippen LogP contribution >= 0.6 is 0 Å². The van der Waals surface area contributed by atoms with Crippen molar-refractivity contribution >= 4 is 31.8 Å². The summed E-state index contributed by atoms with van der Waals surface area (Å²) in [5.74, 6) is 0.352. The molecule has 4 nitrogen and oxygen atoms in total. The third-order valence-electron chi connectivity index (χ3n) is 4.30. The first kappa shape index (κ1) is 23.6. The molecule has 0 radical (unpaired) electrons. The summed E-state index contributed by atoms with van der Waals surface area (Å²) < 4.78 is 58.9. The van der Waals surface area contributed by atoms with Gasteiger partial charge in [-0.05, 0) is 41.8 Å². The average Bonchev–Trinajstić information content (AvgIpc) is 2.76. The summed E-state index contributed by atoms with van der Waals surface area (Å²) in [7, 11) is -6.44. The summed E-state index contributed by atoms with van der Waals surface area (Å²) in [5, 5.41) is 13.0. The summed E-state index contributed by atoms with van der Waals surface area (Å²) in [5.41, 5.74) is -5.65. The van der Waals surface area contributed by atoms with Crippen molar-refractivity contribution in [3.63, 3.8) is 0 Å². The van der Waals surface area contributed by atoms with Crippen molar-refractivity contribution < 1.29 is 31.2 Å². The number of alkyl halides is 3. The van der Waals surface area contributed by atoms with E-state index in [-0.39, 0.29) is 10.9 Å². The molecule has 0 spiro atoms. The van der Waals surface area contributed by atoms with Crippen molar-refractivity contribution in [2.75, 3.05) is 0 Å². The molecule has 0 aromatic heterocycles. The summed E-state index contributed by atoms with van der Waals surface area (Å²) in [4.78, 5) is 3.40. The van der Waals surface area contributed by atoms with Crippen molar-refractivity contribution in [2.45, 2.75) is 20.2 Å². The smallest absolute Gasteiger partial charge is 0.485 e. The normalized spacial score (nSPS) is 11.8. The Kier molecular flexibility index (Phi) is 7.12. The van der Waals surface area contributed by atoms with E-state index in [1.165, 1.54) is 9.79 Å². The molecule has 166 valence electrons. The van der Waals surface area contributed by atoms with Gasteiger partial charge in [0.15, 0.2) is 25.7 Å². The van der Waals surface area contributed by atoms with Gasteiger partial charge in [0.1, 0.15) is 10.9 Å². The van der Waals surface area contributed by atoms with Gasteiger partial charge >= 0.3 is 5.51 Å². The maximum atomic E-state index is 10.7. The van der Waals surface area contributed by atoms with Crippen LogP contribution in [-0.4, -0.2) is 23.6 Å². The Balaban J connectivity index is 0.000000312. The highest BCUT2D eigenvalue weighted by atomic mass is 32.2. The summed E-state index contributed by atoms with van der Waals surface area (Å²) in [6, 6.07) is 32.9. The quantitative estimate of drug-likeness (QED) is 0.233. The molecule has 0 heterocycles. The highest BCUT2D eigenvalue weighted by Gasteiger charge is 2.37. The summed E-state index contributed by atoms with van der Waals surface area (Å²) in [6.45, 7) is 0. The molecule has 0 fully saturated rings. The standard InChI is InChI=1S/C22H16OS.CHF3O3S/c23-21-16-15-17-9-7-8-14-20(17)22(21)24(18-10-3-1-4-11-18)19-12-5-2-6-13-19;2-1(3,4)8(5,6)7/h1-16H;(H,5,6,7). The monoisotopic (exact) mass is 478 g/mol. The first-order valence-electron chi connectivity index (χ1n) is 9.17. The Morgan fingerprint density at radius 2 is 1.16 bits per heavy atom. The van der Waals surface area contributed by atoms with E-state index in [1.54, 1.807) is 0 Å². The lowest BCUT2D eigenvalue weighted by molar-refractivity contribution is -0.0517. The van der Waals surface area contributed by atoms with Gasteiger partial charge in [-0.2, -0.15) is 13.2 Å². The molecule has 9 heteroatoms. The Morgan fingerprint density at radius 1 is 0.719 bits per heavy atom. The van der Waals surface area contributed by atoms with Crippen LogP contribution in [0.25, 0.3) is 10.8 Å². The predicted molar refractivity (Wildman–Crippen MR) is 116 cm³/mol. The summed E-state index contributed by atoms with van der Waals surface area (Å²) in [6.07, 6.45) is 0. The second-order valence-corrected chi connectivity index (χ2v) is 9.80. The number of aromatic hydroxyl groups is 1. The fourth-order valence-corrected chi connectivity index (χ4v) is 5.22. The van der Waals surface area contributed by atoms with Crippen molar-refractivity contribution in [2.24, 2.45) is 0 Å². The molecular weight excluding hydrogens is 461 g/mol. The molecule has 0 saturated heterocycles. The van der Waals surface area contributed by atoms with E-state index in [4.69, 9.17) is 13.0 Å². The lowest BCUT2D eigenvalue weighted by atomic mass is 10.1. The number of hydrogen-bond acceptors (Lipinski definition) is 4. The van der Waals surface area contributed by atoms with E-state index in [0.717, 1.165) is 15.7 Å². The van der Waals surface area contributed by atoms with Gasteiger partial charge in [0, 0.05) is 5.39 Å². The molecular formula is C23H17F3O4S2. The van der Waals surface area contributed by atoms with Crippen LogP contribution in [0, 0.1) is 0 Å². The Hall–Kier alpha value is -3.01. The third-order valence-corrected chi connectivity index (χ3v) is 7.20. The molecule has 4 aromatic rings. The fraction of sp³-hybridized carbons (Fsp3) is 0.0435. The largest absolute Gasteiger partial charge is 0.741 e. The molecule has 0 amide bonds. The van der Waals surface area contributed by atoms with Crippen molar-refractivity contribution in [1.29, 1.82) is 0 Å². The zero-order chi connectivity index (χ0) is 23.4. The fourth-order valence-electron chi connectivity index (χ4n) is 2.93. The minimum absolute atomic E-state index is 0.351. The van der Waals surface area contributed by atoms with Gasteiger partial charge in [0.05, 0.1) is 0 Å². The Labute approximate surface area is 186 Å². The zero-order valence-electron chi connectivity index (χ0n) is 16.4. The topological polar surface area (TPSA) is 77.4 Å². The van der Waals surface area contributed by atoms with Crippen LogP contribution in [0.3, 0.4) is 0 Å². The lowest BCUT2D eigenvalue weighted by Gasteiger charge is -2.11.